The normalized spacial score (nSPS) is 14.0. The lowest BCUT2D eigenvalue weighted by Gasteiger charge is -2.30. The van der Waals surface area contributed by atoms with Crippen molar-refractivity contribution in [1.82, 2.24) is 9.97 Å². The van der Waals surface area contributed by atoms with Crippen molar-refractivity contribution in [3.63, 3.8) is 0 Å². The molecule has 0 spiro atoms. The molecule has 0 fully saturated rings. The summed E-state index contributed by atoms with van der Waals surface area (Å²) in [5.41, 5.74) is 2.83. The molecule has 0 atom stereocenters. The van der Waals surface area contributed by atoms with Gasteiger partial charge in [0, 0.05) is 19.6 Å². The molecule has 1 N–H and O–H groups in total. The molecule has 1 aliphatic rings. The SMILES string of the molecule is CCNc1ncnc(N2CCc3ccccc3C2)c1Br. The van der Waals surface area contributed by atoms with E-state index in [1.54, 1.807) is 6.33 Å². The fourth-order valence-corrected chi connectivity index (χ4v) is 3.14. The van der Waals surface area contributed by atoms with Crippen molar-refractivity contribution < 1.29 is 0 Å². The smallest absolute Gasteiger partial charge is 0.148 e. The molecule has 0 saturated carbocycles. The average Bonchev–Trinajstić information content (AvgIpc) is 2.49. The average molecular weight is 333 g/mol. The van der Waals surface area contributed by atoms with Crippen LogP contribution in [-0.4, -0.2) is 23.1 Å². The molecule has 0 saturated heterocycles. The second-order valence-electron chi connectivity index (χ2n) is 4.83. The minimum atomic E-state index is 0.845. The molecular formula is C15H17BrN4. The Kier molecular flexibility index (Phi) is 3.87. The van der Waals surface area contributed by atoms with E-state index in [1.807, 2.05) is 0 Å². The molecule has 5 heteroatoms. The van der Waals surface area contributed by atoms with Crippen LogP contribution >= 0.6 is 15.9 Å². The number of anilines is 2. The zero-order valence-electron chi connectivity index (χ0n) is 11.4. The minimum absolute atomic E-state index is 0.845. The third kappa shape index (κ3) is 2.50. The van der Waals surface area contributed by atoms with Crippen LogP contribution in [0.2, 0.25) is 0 Å². The van der Waals surface area contributed by atoms with Crippen LogP contribution in [0.4, 0.5) is 11.6 Å². The number of aromatic nitrogens is 2. The number of hydrogen-bond acceptors (Lipinski definition) is 4. The van der Waals surface area contributed by atoms with E-state index in [0.29, 0.717) is 0 Å². The maximum Gasteiger partial charge on any atom is 0.148 e. The second kappa shape index (κ2) is 5.79. The van der Waals surface area contributed by atoms with Gasteiger partial charge in [0.15, 0.2) is 0 Å². The first-order chi connectivity index (χ1) is 9.79. The van der Waals surface area contributed by atoms with Gasteiger partial charge in [0.05, 0.1) is 0 Å². The predicted molar refractivity (Wildman–Crippen MR) is 85.1 cm³/mol. The Balaban J connectivity index is 1.90. The molecule has 0 radical (unpaired) electrons. The zero-order chi connectivity index (χ0) is 13.9. The highest BCUT2D eigenvalue weighted by atomic mass is 79.9. The summed E-state index contributed by atoms with van der Waals surface area (Å²) in [5, 5.41) is 3.25. The number of benzene rings is 1. The summed E-state index contributed by atoms with van der Waals surface area (Å²) in [5.74, 6) is 1.82. The molecule has 1 aliphatic heterocycles. The Morgan fingerprint density at radius 3 is 2.85 bits per heavy atom. The van der Waals surface area contributed by atoms with Gasteiger partial charge in [-0.2, -0.15) is 0 Å². The minimum Gasteiger partial charge on any atom is -0.369 e. The van der Waals surface area contributed by atoms with Crippen LogP contribution in [0.15, 0.2) is 35.1 Å². The van der Waals surface area contributed by atoms with E-state index in [2.05, 4.69) is 67.3 Å². The first kappa shape index (κ1) is 13.4. The summed E-state index contributed by atoms with van der Waals surface area (Å²) in [6, 6.07) is 8.62. The Bertz CT molecular complexity index is 615. The maximum atomic E-state index is 4.45. The monoisotopic (exact) mass is 332 g/mol. The van der Waals surface area contributed by atoms with Gasteiger partial charge in [-0.05, 0) is 40.4 Å². The van der Waals surface area contributed by atoms with Gasteiger partial charge in [-0.1, -0.05) is 24.3 Å². The van der Waals surface area contributed by atoms with Crippen molar-refractivity contribution in [3.8, 4) is 0 Å². The summed E-state index contributed by atoms with van der Waals surface area (Å²) in [7, 11) is 0. The molecule has 3 rings (SSSR count). The van der Waals surface area contributed by atoms with Crippen molar-refractivity contribution in [2.45, 2.75) is 19.9 Å². The number of hydrogen-bond donors (Lipinski definition) is 1. The Labute approximate surface area is 127 Å². The number of rotatable bonds is 3. The summed E-state index contributed by atoms with van der Waals surface area (Å²) >= 11 is 3.63. The Hall–Kier alpha value is -1.62. The van der Waals surface area contributed by atoms with Gasteiger partial charge >= 0.3 is 0 Å². The van der Waals surface area contributed by atoms with E-state index >= 15 is 0 Å². The molecule has 0 unspecified atom stereocenters. The van der Waals surface area contributed by atoms with Crippen molar-refractivity contribution in [3.05, 3.63) is 46.2 Å². The largest absolute Gasteiger partial charge is 0.369 e. The van der Waals surface area contributed by atoms with Gasteiger partial charge in [0.1, 0.15) is 22.4 Å². The first-order valence-corrected chi connectivity index (χ1v) is 7.65. The van der Waals surface area contributed by atoms with E-state index in [4.69, 9.17) is 0 Å². The van der Waals surface area contributed by atoms with E-state index in [9.17, 15) is 0 Å². The number of nitrogens with zero attached hydrogens (tertiary/aromatic N) is 3. The standard InChI is InChI=1S/C15H17BrN4/c1-2-17-14-13(16)15(19-10-18-14)20-8-7-11-5-3-4-6-12(11)9-20/h3-6,10H,2,7-9H2,1H3,(H,17,18,19). The molecule has 0 amide bonds. The van der Waals surface area contributed by atoms with Crippen LogP contribution in [0.3, 0.4) is 0 Å². The molecular weight excluding hydrogens is 316 g/mol. The van der Waals surface area contributed by atoms with Gasteiger partial charge in [0.25, 0.3) is 0 Å². The topological polar surface area (TPSA) is 41.1 Å². The summed E-state index contributed by atoms with van der Waals surface area (Å²) < 4.78 is 0.946. The Morgan fingerprint density at radius 1 is 1.25 bits per heavy atom. The highest BCUT2D eigenvalue weighted by molar-refractivity contribution is 9.10. The lowest BCUT2D eigenvalue weighted by Crippen LogP contribution is -2.31. The van der Waals surface area contributed by atoms with Crippen LogP contribution in [0, 0.1) is 0 Å². The fourth-order valence-electron chi connectivity index (χ4n) is 2.55. The molecule has 1 aromatic carbocycles. The number of halogens is 1. The van der Waals surface area contributed by atoms with Gasteiger partial charge in [-0.15, -0.1) is 0 Å². The van der Waals surface area contributed by atoms with Crippen molar-refractivity contribution in [2.24, 2.45) is 0 Å². The van der Waals surface area contributed by atoms with Gasteiger partial charge in [-0.3, -0.25) is 0 Å². The summed E-state index contributed by atoms with van der Waals surface area (Å²) in [6.07, 6.45) is 2.68. The molecule has 0 aliphatic carbocycles. The van der Waals surface area contributed by atoms with Gasteiger partial charge < -0.3 is 10.2 Å². The summed E-state index contributed by atoms with van der Waals surface area (Å²) in [4.78, 5) is 11.0. The molecule has 4 nitrogen and oxygen atoms in total. The Morgan fingerprint density at radius 2 is 2.05 bits per heavy atom. The predicted octanol–water partition coefficient (Wildman–Crippen LogP) is 3.23. The van der Waals surface area contributed by atoms with Crippen molar-refractivity contribution >= 4 is 27.6 Å². The third-order valence-electron chi connectivity index (χ3n) is 3.55. The highest BCUT2D eigenvalue weighted by Gasteiger charge is 2.20. The molecule has 2 heterocycles. The number of nitrogens with one attached hydrogen (secondary N) is 1. The van der Waals surface area contributed by atoms with Crippen LogP contribution in [-0.2, 0) is 13.0 Å². The lowest BCUT2D eigenvalue weighted by atomic mass is 10.00. The molecule has 1 aromatic heterocycles. The maximum absolute atomic E-state index is 4.45. The van der Waals surface area contributed by atoms with Crippen LogP contribution < -0.4 is 10.2 Å². The quantitative estimate of drug-likeness (QED) is 0.936. The number of fused-ring (bicyclic) bond motifs is 1. The molecule has 20 heavy (non-hydrogen) atoms. The lowest BCUT2D eigenvalue weighted by molar-refractivity contribution is 0.717. The molecule has 2 aromatic rings. The van der Waals surface area contributed by atoms with Crippen LogP contribution in [0.5, 0.6) is 0 Å². The van der Waals surface area contributed by atoms with Crippen LogP contribution in [0.25, 0.3) is 0 Å². The zero-order valence-corrected chi connectivity index (χ0v) is 13.0. The summed E-state index contributed by atoms with van der Waals surface area (Å²) in [6.45, 7) is 4.79. The molecule has 0 bridgehead atoms. The van der Waals surface area contributed by atoms with E-state index in [-0.39, 0.29) is 0 Å². The van der Waals surface area contributed by atoms with Crippen molar-refractivity contribution in [1.29, 1.82) is 0 Å². The van der Waals surface area contributed by atoms with Crippen molar-refractivity contribution in [2.75, 3.05) is 23.3 Å². The highest BCUT2D eigenvalue weighted by Crippen LogP contribution is 2.32. The third-order valence-corrected chi connectivity index (χ3v) is 4.28. The second-order valence-corrected chi connectivity index (χ2v) is 5.62. The van der Waals surface area contributed by atoms with E-state index in [0.717, 1.165) is 42.2 Å². The van der Waals surface area contributed by atoms with Crippen LogP contribution in [0.1, 0.15) is 18.1 Å². The van der Waals surface area contributed by atoms with Gasteiger partial charge in [0.2, 0.25) is 0 Å². The molecule has 104 valence electrons. The van der Waals surface area contributed by atoms with E-state index in [1.165, 1.54) is 11.1 Å². The van der Waals surface area contributed by atoms with Gasteiger partial charge in [-0.25, -0.2) is 9.97 Å². The first-order valence-electron chi connectivity index (χ1n) is 6.85. The fraction of sp³-hybridized carbons (Fsp3) is 0.333. The van der Waals surface area contributed by atoms with E-state index < -0.39 is 0 Å².